The minimum Gasteiger partial charge on any atom is -0.374 e. The van der Waals surface area contributed by atoms with Crippen molar-refractivity contribution in [3.8, 4) is 0 Å². The van der Waals surface area contributed by atoms with Crippen LogP contribution >= 0.6 is 0 Å². The van der Waals surface area contributed by atoms with E-state index in [4.69, 9.17) is 9.47 Å². The molecule has 0 spiro atoms. The van der Waals surface area contributed by atoms with Gasteiger partial charge in [-0.15, -0.1) is 0 Å². The molecule has 5 aliphatic rings. The summed E-state index contributed by atoms with van der Waals surface area (Å²) in [5.74, 6) is 0. The number of hydrogen-bond acceptors (Lipinski definition) is 4. The fourth-order valence-electron chi connectivity index (χ4n) is 8.19. The molecule has 8 atom stereocenters. The molecule has 0 unspecified atom stereocenters. The summed E-state index contributed by atoms with van der Waals surface area (Å²) in [4.78, 5) is 0. The molecule has 5 rings (SSSR count). The minimum atomic E-state index is 0.152. The zero-order chi connectivity index (χ0) is 23.1. The Morgan fingerprint density at radius 3 is 0.844 bits per heavy atom. The van der Waals surface area contributed by atoms with Crippen molar-refractivity contribution in [1.82, 2.24) is 10.6 Å². The number of nitrogens with one attached hydrogen (secondary N) is 2. The van der Waals surface area contributed by atoms with Crippen LogP contribution in [-0.2, 0) is 9.47 Å². The van der Waals surface area contributed by atoms with Gasteiger partial charge in [0.15, 0.2) is 0 Å². The molecule has 4 heteroatoms. The molecule has 0 radical (unpaired) electrons. The van der Waals surface area contributed by atoms with E-state index in [0.29, 0.717) is 48.6 Å². The van der Waals surface area contributed by atoms with Crippen molar-refractivity contribution in [2.24, 2.45) is 21.7 Å². The average molecular weight is 447 g/mol. The lowest BCUT2D eigenvalue weighted by atomic mass is 9.76. The smallest absolute Gasteiger partial charge is 0.0645 e. The molecule has 4 nitrogen and oxygen atoms in total. The molecule has 5 fully saturated rings. The van der Waals surface area contributed by atoms with Crippen molar-refractivity contribution in [2.45, 2.75) is 155 Å². The first-order valence-electron chi connectivity index (χ1n) is 13.7. The van der Waals surface area contributed by atoms with Crippen LogP contribution in [0.5, 0.6) is 0 Å². The maximum absolute atomic E-state index is 6.95. The maximum Gasteiger partial charge on any atom is 0.0645 e. The third-order valence-corrected chi connectivity index (χ3v) is 11.2. The summed E-state index contributed by atoms with van der Waals surface area (Å²) < 4.78 is 13.9. The standard InChI is InChI=1S/C28H50N2O2/c1-25(2)17-9-10-18(29-17)26(3,4)23-15-16-24(32-23)28(7,8)20-12-11-19(30-20)27(5,6)22-14-13-21(25)31-22/h17-24,29-30H,9-16H2,1-8H3/t17-,18+,19+,20-,21+,22-,23-,24+. The maximum atomic E-state index is 6.95. The first kappa shape index (κ1) is 23.6. The van der Waals surface area contributed by atoms with E-state index in [1.165, 1.54) is 51.4 Å². The van der Waals surface area contributed by atoms with Crippen molar-refractivity contribution < 1.29 is 9.47 Å². The van der Waals surface area contributed by atoms with Crippen LogP contribution in [0.4, 0.5) is 0 Å². The van der Waals surface area contributed by atoms with E-state index in [-0.39, 0.29) is 21.7 Å². The van der Waals surface area contributed by atoms with Gasteiger partial charge < -0.3 is 20.1 Å². The summed E-state index contributed by atoms with van der Waals surface area (Å²) in [5, 5.41) is 8.24. The van der Waals surface area contributed by atoms with Crippen LogP contribution in [0.2, 0.25) is 0 Å². The van der Waals surface area contributed by atoms with Gasteiger partial charge in [0.1, 0.15) is 0 Å². The summed E-state index contributed by atoms with van der Waals surface area (Å²) >= 11 is 0. The normalized spacial score (nSPS) is 48.8. The Hall–Kier alpha value is -0.160. The number of rotatable bonds is 0. The molecule has 5 aliphatic heterocycles. The molecular weight excluding hydrogens is 396 g/mol. The fraction of sp³-hybridized carbons (Fsp3) is 1.00. The van der Waals surface area contributed by atoms with Gasteiger partial charge in [-0.25, -0.2) is 0 Å². The van der Waals surface area contributed by atoms with Crippen LogP contribution in [0.3, 0.4) is 0 Å². The van der Waals surface area contributed by atoms with Gasteiger partial charge in [0.25, 0.3) is 0 Å². The SMILES string of the molecule is CC1(C)[C@@H]2CC[C@@H](O2)C(C)(C)[C@@H]2CC[C@@H](N2)C(C)(C)[C@@H]2CC[C@@H](O2)C(C)(C)[C@@H]2CC[C@H]1N2. The first-order chi connectivity index (χ1) is 14.8. The van der Waals surface area contributed by atoms with E-state index in [0.717, 1.165) is 0 Å². The fourth-order valence-corrected chi connectivity index (χ4v) is 8.19. The van der Waals surface area contributed by atoms with Crippen molar-refractivity contribution >= 4 is 0 Å². The van der Waals surface area contributed by atoms with E-state index < -0.39 is 0 Å². The van der Waals surface area contributed by atoms with E-state index in [1.807, 2.05) is 0 Å². The molecule has 0 aromatic heterocycles. The topological polar surface area (TPSA) is 42.5 Å². The molecule has 0 aliphatic carbocycles. The van der Waals surface area contributed by atoms with Gasteiger partial charge >= 0.3 is 0 Å². The highest BCUT2D eigenvalue weighted by Crippen LogP contribution is 2.51. The Bertz CT molecular complexity index is 546. The third-order valence-electron chi connectivity index (χ3n) is 11.2. The van der Waals surface area contributed by atoms with Crippen LogP contribution in [-0.4, -0.2) is 48.6 Å². The molecule has 5 heterocycles. The average Bonchev–Trinajstić information content (AvgIpc) is 3.53. The van der Waals surface area contributed by atoms with Crippen molar-refractivity contribution in [3.05, 3.63) is 0 Å². The molecule has 0 aromatic rings. The van der Waals surface area contributed by atoms with Crippen LogP contribution < -0.4 is 10.6 Å². The van der Waals surface area contributed by atoms with Crippen molar-refractivity contribution in [3.63, 3.8) is 0 Å². The third kappa shape index (κ3) is 3.53. The Morgan fingerprint density at radius 1 is 0.406 bits per heavy atom. The molecule has 32 heavy (non-hydrogen) atoms. The second kappa shape index (κ2) is 7.67. The molecule has 184 valence electrons. The first-order valence-corrected chi connectivity index (χ1v) is 13.7. The number of ether oxygens (including phenoxy) is 2. The lowest BCUT2D eigenvalue weighted by Crippen LogP contribution is -2.55. The molecule has 5 saturated heterocycles. The van der Waals surface area contributed by atoms with Crippen LogP contribution in [0.15, 0.2) is 0 Å². The molecule has 2 N–H and O–H groups in total. The number of fused-ring (bicyclic) bond motifs is 8. The minimum absolute atomic E-state index is 0.152. The van der Waals surface area contributed by atoms with Gasteiger partial charge in [-0.2, -0.15) is 0 Å². The van der Waals surface area contributed by atoms with Crippen molar-refractivity contribution in [2.75, 3.05) is 0 Å². The van der Waals surface area contributed by atoms with Gasteiger partial charge in [0, 0.05) is 45.8 Å². The Labute approximate surface area is 197 Å². The quantitative estimate of drug-likeness (QED) is 0.520. The highest BCUT2D eigenvalue weighted by Gasteiger charge is 2.55. The summed E-state index contributed by atoms with van der Waals surface area (Å²) in [5.41, 5.74) is 0.609. The summed E-state index contributed by atoms with van der Waals surface area (Å²) in [6, 6.07) is 2.09. The van der Waals surface area contributed by atoms with E-state index in [2.05, 4.69) is 66.0 Å². The molecular formula is C28H50N2O2. The van der Waals surface area contributed by atoms with E-state index in [9.17, 15) is 0 Å². The lowest BCUT2D eigenvalue weighted by molar-refractivity contribution is -0.0965. The van der Waals surface area contributed by atoms with Gasteiger partial charge in [0.2, 0.25) is 0 Å². The van der Waals surface area contributed by atoms with E-state index in [1.54, 1.807) is 0 Å². The van der Waals surface area contributed by atoms with Crippen LogP contribution in [0, 0.1) is 21.7 Å². The van der Waals surface area contributed by atoms with Crippen LogP contribution in [0.25, 0.3) is 0 Å². The largest absolute Gasteiger partial charge is 0.374 e. The van der Waals surface area contributed by atoms with E-state index >= 15 is 0 Å². The van der Waals surface area contributed by atoms with Gasteiger partial charge in [-0.3, -0.25) is 0 Å². The second-order valence-corrected chi connectivity index (χ2v) is 14.4. The second-order valence-electron chi connectivity index (χ2n) is 14.4. The van der Waals surface area contributed by atoms with Crippen molar-refractivity contribution in [1.29, 1.82) is 0 Å². The summed E-state index contributed by atoms with van der Waals surface area (Å²) in [6.45, 7) is 19.6. The Kier molecular flexibility index (Phi) is 5.65. The van der Waals surface area contributed by atoms with Gasteiger partial charge in [-0.05, 0) is 51.4 Å². The molecule has 0 amide bonds. The highest BCUT2D eigenvalue weighted by atomic mass is 16.5. The summed E-state index contributed by atoms with van der Waals surface area (Å²) in [6.07, 6.45) is 11.2. The highest BCUT2D eigenvalue weighted by molar-refractivity contribution is 5.09. The van der Waals surface area contributed by atoms with Gasteiger partial charge in [0.05, 0.1) is 24.4 Å². The Morgan fingerprint density at radius 2 is 0.625 bits per heavy atom. The zero-order valence-electron chi connectivity index (χ0n) is 22.1. The zero-order valence-corrected chi connectivity index (χ0v) is 22.1. The molecule has 8 bridgehead atoms. The van der Waals surface area contributed by atoms with Crippen LogP contribution in [0.1, 0.15) is 107 Å². The number of hydrogen-bond donors (Lipinski definition) is 2. The molecule has 0 saturated carbocycles. The monoisotopic (exact) mass is 446 g/mol. The Balaban J connectivity index is 1.48. The van der Waals surface area contributed by atoms with Gasteiger partial charge in [-0.1, -0.05) is 55.4 Å². The lowest BCUT2D eigenvalue weighted by Gasteiger charge is -2.44. The predicted octanol–water partition coefficient (Wildman–Crippen LogP) is 5.44. The predicted molar refractivity (Wildman–Crippen MR) is 131 cm³/mol. The summed E-state index contributed by atoms with van der Waals surface area (Å²) in [7, 11) is 0. The molecule has 0 aromatic carbocycles.